The lowest BCUT2D eigenvalue weighted by atomic mass is 10.3. The first-order valence-electron chi connectivity index (χ1n) is 4.90. The van der Waals surface area contributed by atoms with Crippen LogP contribution in [0.25, 0.3) is 0 Å². The molecule has 0 aliphatic carbocycles. The molecule has 0 aliphatic heterocycles. The van der Waals surface area contributed by atoms with Crippen LogP contribution in [0, 0.1) is 6.92 Å². The first-order chi connectivity index (χ1) is 7.31. The predicted molar refractivity (Wildman–Crippen MR) is 65.0 cm³/mol. The molecule has 0 amide bonds. The second-order valence-corrected chi connectivity index (χ2v) is 5.94. The molecule has 0 radical (unpaired) electrons. The number of aromatic nitrogens is 1. The average molecular weight is 299 g/mol. The highest BCUT2D eigenvalue weighted by Crippen LogP contribution is 2.24. The van der Waals surface area contributed by atoms with E-state index in [1.807, 2.05) is 21.1 Å². The van der Waals surface area contributed by atoms with Crippen molar-refractivity contribution in [3.8, 4) is 0 Å². The molecule has 1 aromatic heterocycles. The number of quaternary nitrogens is 1. The Morgan fingerprint density at radius 1 is 1.47 bits per heavy atom. The molecular weight excluding hydrogens is 283 g/mol. The Morgan fingerprint density at radius 2 is 2.06 bits per heavy atom. The van der Waals surface area contributed by atoms with Gasteiger partial charge in [-0.2, -0.15) is 4.37 Å². The molecule has 0 aliphatic rings. The zero-order chi connectivity index (χ0) is 12.3. The number of carbonyl (C=O) groups excluding carboxylic acids is 1. The normalized spacial score (nSPS) is 10.9. The van der Waals surface area contributed by atoms with Crippen LogP contribution in [-0.2, 0) is 4.74 Å². The Labute approximate surface area is 117 Å². The van der Waals surface area contributed by atoms with Crippen molar-refractivity contribution in [1.82, 2.24) is 4.37 Å². The van der Waals surface area contributed by atoms with Crippen molar-refractivity contribution in [2.24, 2.45) is 0 Å². The number of carbonyl (C=O) groups is 1. The summed E-state index contributed by atoms with van der Waals surface area (Å²) < 4.78 is 10.3. The third kappa shape index (κ3) is 5.21. The van der Waals surface area contributed by atoms with Crippen LogP contribution >= 0.6 is 23.1 Å². The van der Waals surface area contributed by atoms with Crippen molar-refractivity contribution in [3.05, 3.63) is 15.6 Å². The summed E-state index contributed by atoms with van der Waals surface area (Å²) in [7, 11) is 6.12. The average Bonchev–Trinajstić information content (AvgIpc) is 2.43. The van der Waals surface area contributed by atoms with E-state index >= 15 is 0 Å². The SMILES string of the molecule is Cc1nsc(Cl)c1C(=O)OCC[N+](C)(C)C.[Cl-]. The quantitative estimate of drug-likeness (QED) is 0.527. The van der Waals surface area contributed by atoms with Gasteiger partial charge in [0.2, 0.25) is 0 Å². The minimum atomic E-state index is -0.385. The third-order valence-electron chi connectivity index (χ3n) is 2.02. The van der Waals surface area contributed by atoms with E-state index in [-0.39, 0.29) is 18.4 Å². The second kappa shape index (κ2) is 6.54. The lowest BCUT2D eigenvalue weighted by Gasteiger charge is -2.23. The first kappa shape index (κ1) is 16.6. The van der Waals surface area contributed by atoms with Gasteiger partial charge in [0.15, 0.2) is 0 Å². The smallest absolute Gasteiger partial charge is 0.342 e. The molecule has 0 saturated carbocycles. The molecule has 0 N–H and O–H groups in total. The highest BCUT2D eigenvalue weighted by Gasteiger charge is 2.19. The van der Waals surface area contributed by atoms with Crippen LogP contribution in [-0.4, -0.2) is 49.1 Å². The maximum Gasteiger partial charge on any atom is 0.342 e. The number of hydrogen-bond donors (Lipinski definition) is 0. The molecule has 1 aromatic rings. The summed E-state index contributed by atoms with van der Waals surface area (Å²) in [5.41, 5.74) is 1.03. The Morgan fingerprint density at radius 3 is 2.47 bits per heavy atom. The number of halogens is 2. The highest BCUT2D eigenvalue weighted by atomic mass is 35.5. The van der Waals surface area contributed by atoms with Gasteiger partial charge in [-0.05, 0) is 18.5 Å². The zero-order valence-electron chi connectivity index (χ0n) is 10.3. The van der Waals surface area contributed by atoms with Crippen molar-refractivity contribution in [2.45, 2.75) is 6.92 Å². The highest BCUT2D eigenvalue weighted by molar-refractivity contribution is 7.11. The van der Waals surface area contributed by atoms with Gasteiger partial charge in [-0.15, -0.1) is 0 Å². The molecule has 0 saturated heterocycles. The number of likely N-dealkylation sites (N-methyl/N-ethyl adjacent to an activating group) is 1. The Kier molecular flexibility index (Phi) is 6.40. The van der Waals surface area contributed by atoms with Crippen molar-refractivity contribution in [1.29, 1.82) is 0 Å². The van der Waals surface area contributed by atoms with E-state index in [1.54, 1.807) is 6.92 Å². The van der Waals surface area contributed by atoms with Gasteiger partial charge in [-0.3, -0.25) is 0 Å². The summed E-state index contributed by atoms with van der Waals surface area (Å²) in [6.07, 6.45) is 0. The van der Waals surface area contributed by atoms with E-state index in [0.717, 1.165) is 22.6 Å². The van der Waals surface area contributed by atoms with E-state index in [2.05, 4.69) is 4.37 Å². The number of esters is 1. The fraction of sp³-hybridized carbons (Fsp3) is 0.600. The van der Waals surface area contributed by atoms with Crippen molar-refractivity contribution in [2.75, 3.05) is 34.3 Å². The van der Waals surface area contributed by atoms with Crippen LogP contribution in [0.2, 0.25) is 4.34 Å². The predicted octanol–water partition coefficient (Wildman–Crippen LogP) is -1.03. The maximum absolute atomic E-state index is 11.7. The number of nitrogens with zero attached hydrogens (tertiary/aromatic N) is 2. The molecule has 0 aromatic carbocycles. The van der Waals surface area contributed by atoms with Gasteiger partial charge in [0.25, 0.3) is 0 Å². The molecule has 1 rings (SSSR count). The summed E-state index contributed by atoms with van der Waals surface area (Å²) in [5, 5.41) is 0. The summed E-state index contributed by atoms with van der Waals surface area (Å²) in [6.45, 7) is 2.90. The Bertz CT molecular complexity index is 369. The molecule has 98 valence electrons. The van der Waals surface area contributed by atoms with E-state index in [0.29, 0.717) is 22.2 Å². The van der Waals surface area contributed by atoms with Gasteiger partial charge in [0.05, 0.1) is 26.8 Å². The number of rotatable bonds is 4. The molecule has 0 fully saturated rings. The van der Waals surface area contributed by atoms with Crippen LogP contribution in [0.4, 0.5) is 0 Å². The van der Waals surface area contributed by atoms with Gasteiger partial charge >= 0.3 is 5.97 Å². The minimum Gasteiger partial charge on any atom is -1.00 e. The first-order valence-corrected chi connectivity index (χ1v) is 6.06. The van der Waals surface area contributed by atoms with Gasteiger partial charge in [-0.1, -0.05) is 11.6 Å². The molecule has 7 heteroatoms. The number of ether oxygens (including phenoxy) is 1. The van der Waals surface area contributed by atoms with Crippen LogP contribution in [0.1, 0.15) is 16.1 Å². The molecule has 0 unspecified atom stereocenters. The van der Waals surface area contributed by atoms with Gasteiger partial charge in [0, 0.05) is 0 Å². The van der Waals surface area contributed by atoms with Crippen LogP contribution in [0.15, 0.2) is 0 Å². The summed E-state index contributed by atoms with van der Waals surface area (Å²) >= 11 is 6.97. The van der Waals surface area contributed by atoms with Crippen molar-refractivity contribution in [3.63, 3.8) is 0 Å². The van der Waals surface area contributed by atoms with E-state index in [1.165, 1.54) is 0 Å². The van der Waals surface area contributed by atoms with E-state index in [9.17, 15) is 4.79 Å². The van der Waals surface area contributed by atoms with Crippen molar-refractivity contribution >= 4 is 29.1 Å². The standard InChI is InChI=1S/C10H16ClN2O2S.ClH/c1-7-8(9(11)16-12-7)10(14)15-6-5-13(2,3)4;/h5-6H2,1-4H3;1H/q+1;/p-1. The topological polar surface area (TPSA) is 39.2 Å². The number of aryl methyl sites for hydroxylation is 1. The van der Waals surface area contributed by atoms with Crippen LogP contribution in [0.5, 0.6) is 0 Å². The van der Waals surface area contributed by atoms with Crippen LogP contribution < -0.4 is 12.4 Å². The Balaban J connectivity index is 0.00000256. The maximum atomic E-state index is 11.7. The van der Waals surface area contributed by atoms with Crippen molar-refractivity contribution < 1.29 is 26.4 Å². The number of hydrogen-bond acceptors (Lipinski definition) is 4. The van der Waals surface area contributed by atoms with Gasteiger partial charge < -0.3 is 21.6 Å². The van der Waals surface area contributed by atoms with Gasteiger partial charge in [-0.25, -0.2) is 4.79 Å². The molecule has 1 heterocycles. The minimum absolute atomic E-state index is 0. The summed E-state index contributed by atoms with van der Waals surface area (Å²) in [5.74, 6) is -0.385. The fourth-order valence-electron chi connectivity index (χ4n) is 1.05. The second-order valence-electron chi connectivity index (χ2n) is 4.57. The lowest BCUT2D eigenvalue weighted by Crippen LogP contribution is -3.00. The molecule has 0 spiro atoms. The zero-order valence-corrected chi connectivity index (χ0v) is 12.6. The van der Waals surface area contributed by atoms with Crippen LogP contribution in [0.3, 0.4) is 0 Å². The monoisotopic (exact) mass is 298 g/mol. The van der Waals surface area contributed by atoms with E-state index < -0.39 is 0 Å². The van der Waals surface area contributed by atoms with Gasteiger partial charge in [0.1, 0.15) is 23.1 Å². The molecule has 0 atom stereocenters. The molecule has 4 nitrogen and oxygen atoms in total. The third-order valence-corrected chi connectivity index (χ3v) is 3.15. The molecular formula is C10H16Cl2N2O2S. The summed E-state index contributed by atoms with van der Waals surface area (Å²) in [4.78, 5) is 11.7. The summed E-state index contributed by atoms with van der Waals surface area (Å²) in [6, 6.07) is 0. The lowest BCUT2D eigenvalue weighted by molar-refractivity contribution is -0.870. The van der Waals surface area contributed by atoms with E-state index in [4.69, 9.17) is 16.3 Å². The molecule has 17 heavy (non-hydrogen) atoms. The largest absolute Gasteiger partial charge is 1.00 e. The molecule has 0 bridgehead atoms. The fourth-order valence-corrected chi connectivity index (χ4v) is 2.00. The Hall–Kier alpha value is -0.360.